The quantitative estimate of drug-likeness (QED) is 0.890. The van der Waals surface area contributed by atoms with Crippen molar-refractivity contribution in [2.45, 2.75) is 37.8 Å². The molecule has 1 aromatic heterocycles. The number of aromatic nitrogens is 1. The molecular weight excluding hydrogens is 287 g/mol. The van der Waals surface area contributed by atoms with E-state index in [-0.39, 0.29) is 5.82 Å². The molecule has 21 heavy (non-hydrogen) atoms. The van der Waals surface area contributed by atoms with E-state index in [0.29, 0.717) is 13.1 Å². The first-order valence-corrected chi connectivity index (χ1v) is 8.16. The van der Waals surface area contributed by atoms with E-state index in [1.165, 1.54) is 12.1 Å². The van der Waals surface area contributed by atoms with Gasteiger partial charge in [-0.3, -0.25) is 0 Å². The van der Waals surface area contributed by atoms with Gasteiger partial charge in [0.15, 0.2) is 0 Å². The Kier molecular flexibility index (Phi) is 4.33. The molecular formula is C16H19FN2OS. The summed E-state index contributed by atoms with van der Waals surface area (Å²) in [4.78, 5) is 4.55. The van der Waals surface area contributed by atoms with E-state index in [1.807, 2.05) is 5.38 Å². The van der Waals surface area contributed by atoms with Crippen LogP contribution in [0.4, 0.5) is 4.39 Å². The first kappa shape index (κ1) is 14.6. The second-order valence-corrected chi connectivity index (χ2v) is 6.54. The molecule has 1 aliphatic carbocycles. The van der Waals surface area contributed by atoms with E-state index in [4.69, 9.17) is 0 Å². The number of nitrogens with one attached hydrogen (secondary N) is 1. The Hall–Kier alpha value is -1.30. The summed E-state index contributed by atoms with van der Waals surface area (Å²) < 4.78 is 12.9. The second-order valence-electron chi connectivity index (χ2n) is 5.69. The molecule has 1 saturated carbocycles. The van der Waals surface area contributed by atoms with Gasteiger partial charge in [0, 0.05) is 24.0 Å². The zero-order chi connectivity index (χ0) is 14.7. The topological polar surface area (TPSA) is 45.1 Å². The van der Waals surface area contributed by atoms with Crippen molar-refractivity contribution in [3.63, 3.8) is 0 Å². The van der Waals surface area contributed by atoms with E-state index < -0.39 is 5.60 Å². The number of aliphatic hydroxyl groups is 1. The van der Waals surface area contributed by atoms with Crippen molar-refractivity contribution < 1.29 is 9.50 Å². The number of benzene rings is 1. The van der Waals surface area contributed by atoms with Crippen LogP contribution in [0.15, 0.2) is 29.6 Å². The molecule has 0 amide bonds. The molecule has 0 radical (unpaired) electrons. The fourth-order valence-corrected chi connectivity index (χ4v) is 3.57. The van der Waals surface area contributed by atoms with Gasteiger partial charge in [-0.25, -0.2) is 9.37 Å². The first-order valence-electron chi connectivity index (χ1n) is 7.28. The van der Waals surface area contributed by atoms with Gasteiger partial charge in [0.05, 0.1) is 11.3 Å². The standard InChI is InChI=1S/C16H19FN2OS/c17-13-5-3-12(4-6-13)15-19-14(10-21-15)9-18-11-16(20)7-1-2-8-16/h3-6,10,18,20H,1-2,7-9,11H2. The largest absolute Gasteiger partial charge is 0.389 e. The minimum absolute atomic E-state index is 0.234. The summed E-state index contributed by atoms with van der Waals surface area (Å²) in [6.07, 6.45) is 4.00. The monoisotopic (exact) mass is 306 g/mol. The van der Waals surface area contributed by atoms with Crippen molar-refractivity contribution in [2.75, 3.05) is 6.54 Å². The van der Waals surface area contributed by atoms with E-state index >= 15 is 0 Å². The van der Waals surface area contributed by atoms with Crippen molar-refractivity contribution in [3.8, 4) is 10.6 Å². The van der Waals surface area contributed by atoms with Crippen LogP contribution in [0, 0.1) is 5.82 Å². The van der Waals surface area contributed by atoms with Gasteiger partial charge in [0.1, 0.15) is 10.8 Å². The molecule has 1 aliphatic rings. The zero-order valence-electron chi connectivity index (χ0n) is 11.8. The molecule has 0 aliphatic heterocycles. The molecule has 0 bridgehead atoms. The van der Waals surface area contributed by atoms with Gasteiger partial charge in [-0.15, -0.1) is 11.3 Å². The SMILES string of the molecule is OC1(CNCc2csc(-c3ccc(F)cc3)n2)CCCC1. The van der Waals surface area contributed by atoms with Gasteiger partial charge < -0.3 is 10.4 Å². The average molecular weight is 306 g/mol. The Morgan fingerprint density at radius 1 is 1.24 bits per heavy atom. The van der Waals surface area contributed by atoms with E-state index in [1.54, 1.807) is 23.5 Å². The summed E-state index contributed by atoms with van der Waals surface area (Å²) in [6.45, 7) is 1.27. The maximum Gasteiger partial charge on any atom is 0.123 e. The summed E-state index contributed by atoms with van der Waals surface area (Å²) >= 11 is 1.55. The average Bonchev–Trinajstić information content (AvgIpc) is 3.10. The lowest BCUT2D eigenvalue weighted by atomic mass is 10.0. The Bertz CT molecular complexity index is 591. The Balaban J connectivity index is 1.56. The number of hydrogen-bond acceptors (Lipinski definition) is 4. The molecule has 1 heterocycles. The third-order valence-electron chi connectivity index (χ3n) is 3.94. The van der Waals surface area contributed by atoms with Crippen molar-refractivity contribution in [3.05, 3.63) is 41.2 Å². The third-order valence-corrected chi connectivity index (χ3v) is 4.88. The number of nitrogens with zero attached hydrogens (tertiary/aromatic N) is 1. The fourth-order valence-electron chi connectivity index (χ4n) is 2.75. The van der Waals surface area contributed by atoms with Crippen molar-refractivity contribution >= 4 is 11.3 Å². The minimum atomic E-state index is -0.532. The van der Waals surface area contributed by atoms with E-state index in [2.05, 4.69) is 10.3 Å². The second kappa shape index (κ2) is 6.22. The highest BCUT2D eigenvalue weighted by molar-refractivity contribution is 7.13. The predicted octanol–water partition coefficient (Wildman–Crippen LogP) is 3.34. The van der Waals surface area contributed by atoms with Gasteiger partial charge in [0.25, 0.3) is 0 Å². The molecule has 2 N–H and O–H groups in total. The van der Waals surface area contributed by atoms with Gasteiger partial charge in [0.2, 0.25) is 0 Å². The van der Waals surface area contributed by atoms with E-state index in [0.717, 1.165) is 41.9 Å². The molecule has 1 aromatic carbocycles. The fraction of sp³-hybridized carbons (Fsp3) is 0.438. The lowest BCUT2D eigenvalue weighted by Crippen LogP contribution is -2.37. The number of halogens is 1. The number of thiazole rings is 1. The Morgan fingerprint density at radius 2 is 1.95 bits per heavy atom. The van der Waals surface area contributed by atoms with Crippen LogP contribution in [0.3, 0.4) is 0 Å². The number of rotatable bonds is 5. The summed E-state index contributed by atoms with van der Waals surface area (Å²) in [6, 6.07) is 6.38. The molecule has 3 rings (SSSR count). The zero-order valence-corrected chi connectivity index (χ0v) is 12.6. The van der Waals surface area contributed by atoms with E-state index in [9.17, 15) is 9.50 Å². The molecule has 2 aromatic rings. The van der Waals surface area contributed by atoms with Crippen molar-refractivity contribution in [1.29, 1.82) is 0 Å². The smallest absolute Gasteiger partial charge is 0.123 e. The van der Waals surface area contributed by atoms with Gasteiger partial charge in [-0.2, -0.15) is 0 Å². The maximum absolute atomic E-state index is 12.9. The highest BCUT2D eigenvalue weighted by atomic mass is 32.1. The van der Waals surface area contributed by atoms with Crippen molar-refractivity contribution in [2.24, 2.45) is 0 Å². The lowest BCUT2D eigenvalue weighted by Gasteiger charge is -2.22. The normalized spacial score (nSPS) is 17.2. The first-order chi connectivity index (χ1) is 10.1. The minimum Gasteiger partial charge on any atom is -0.389 e. The molecule has 3 nitrogen and oxygen atoms in total. The highest BCUT2D eigenvalue weighted by Gasteiger charge is 2.30. The molecule has 0 spiro atoms. The third kappa shape index (κ3) is 3.67. The lowest BCUT2D eigenvalue weighted by molar-refractivity contribution is 0.0474. The summed E-state index contributed by atoms with van der Waals surface area (Å²) in [5.74, 6) is -0.234. The van der Waals surface area contributed by atoms with Crippen LogP contribution in [0.1, 0.15) is 31.4 Å². The highest BCUT2D eigenvalue weighted by Crippen LogP contribution is 2.29. The molecule has 5 heteroatoms. The Labute approximate surface area is 127 Å². The summed E-state index contributed by atoms with van der Waals surface area (Å²) in [5, 5.41) is 16.5. The van der Waals surface area contributed by atoms with Crippen molar-refractivity contribution in [1.82, 2.24) is 10.3 Å². The molecule has 0 atom stereocenters. The molecule has 1 fully saturated rings. The van der Waals surface area contributed by atoms with Crippen LogP contribution in [0.25, 0.3) is 10.6 Å². The number of hydrogen-bond donors (Lipinski definition) is 2. The molecule has 0 saturated heterocycles. The van der Waals surface area contributed by atoms with Crippen LogP contribution in [-0.4, -0.2) is 22.2 Å². The Morgan fingerprint density at radius 3 is 2.67 bits per heavy atom. The maximum atomic E-state index is 12.9. The summed E-state index contributed by atoms with van der Waals surface area (Å²) in [5.41, 5.74) is 1.36. The molecule has 112 valence electrons. The summed E-state index contributed by atoms with van der Waals surface area (Å²) in [7, 11) is 0. The predicted molar refractivity (Wildman–Crippen MR) is 82.6 cm³/mol. The van der Waals surface area contributed by atoms with Crippen LogP contribution in [0.2, 0.25) is 0 Å². The van der Waals surface area contributed by atoms with Gasteiger partial charge in [-0.1, -0.05) is 12.8 Å². The van der Waals surface area contributed by atoms with Crippen LogP contribution in [-0.2, 0) is 6.54 Å². The van der Waals surface area contributed by atoms with Crippen LogP contribution in [0.5, 0.6) is 0 Å². The van der Waals surface area contributed by atoms with Gasteiger partial charge in [-0.05, 0) is 37.1 Å². The van der Waals surface area contributed by atoms with Crippen LogP contribution < -0.4 is 5.32 Å². The van der Waals surface area contributed by atoms with Gasteiger partial charge >= 0.3 is 0 Å². The molecule has 0 unspecified atom stereocenters. The van der Waals surface area contributed by atoms with Crippen LogP contribution >= 0.6 is 11.3 Å².